The Kier molecular flexibility index (Phi) is 3.57. The molecule has 2 heteroatoms. The van der Waals surface area contributed by atoms with E-state index in [1.807, 2.05) is 48.7 Å². The van der Waals surface area contributed by atoms with E-state index in [2.05, 4.69) is 16.8 Å². The molecule has 1 aromatic carbocycles. The van der Waals surface area contributed by atoms with Crippen LogP contribution in [0.5, 0.6) is 0 Å². The average Bonchev–Trinajstić information content (AvgIpc) is 2.83. The van der Waals surface area contributed by atoms with Crippen LogP contribution in [0, 0.1) is 11.8 Å². The van der Waals surface area contributed by atoms with Crippen molar-refractivity contribution in [2.45, 2.75) is 0 Å². The second kappa shape index (κ2) is 5.57. The summed E-state index contributed by atoms with van der Waals surface area (Å²) in [6.45, 7) is 0.482. The lowest BCUT2D eigenvalue weighted by atomic mass is 10.2. The molecule has 0 aliphatic carbocycles. The first-order valence-electron chi connectivity index (χ1n) is 5.02. The third-order valence-electron chi connectivity index (χ3n) is 1.94. The van der Waals surface area contributed by atoms with Crippen LogP contribution in [0.4, 0.5) is 0 Å². The van der Waals surface area contributed by atoms with Gasteiger partial charge in [0, 0.05) is 6.21 Å². The van der Waals surface area contributed by atoms with Crippen LogP contribution in [-0.2, 0) is 0 Å². The maximum atomic E-state index is 5.07. The minimum absolute atomic E-state index is 0.482. The van der Waals surface area contributed by atoms with E-state index >= 15 is 0 Å². The Labute approximate surface area is 94.6 Å². The third-order valence-corrected chi connectivity index (χ3v) is 1.94. The minimum atomic E-state index is 0.482. The van der Waals surface area contributed by atoms with E-state index in [0.717, 1.165) is 5.56 Å². The standard InChI is InChI=1S/C14H11NO/c1-2-6-13(7-3-1)12-15-10-4-8-14-9-5-11-16-14/h1-3,5-7,9,11-12H,10H2. The van der Waals surface area contributed by atoms with Gasteiger partial charge in [0.1, 0.15) is 6.54 Å². The highest BCUT2D eigenvalue weighted by Gasteiger charge is 1.84. The number of furan rings is 1. The highest BCUT2D eigenvalue weighted by molar-refractivity contribution is 5.79. The second-order valence-electron chi connectivity index (χ2n) is 3.16. The van der Waals surface area contributed by atoms with E-state index in [0.29, 0.717) is 12.3 Å². The Morgan fingerprint density at radius 1 is 1.12 bits per heavy atom. The summed E-state index contributed by atoms with van der Waals surface area (Å²) in [7, 11) is 0. The molecule has 0 atom stereocenters. The summed E-state index contributed by atoms with van der Waals surface area (Å²) in [6.07, 6.45) is 3.42. The molecule has 0 saturated carbocycles. The van der Waals surface area contributed by atoms with Crippen molar-refractivity contribution in [3.8, 4) is 11.8 Å². The topological polar surface area (TPSA) is 25.5 Å². The molecule has 0 spiro atoms. The molecular weight excluding hydrogens is 198 g/mol. The zero-order valence-corrected chi connectivity index (χ0v) is 8.76. The first-order chi connectivity index (χ1) is 7.95. The highest BCUT2D eigenvalue weighted by Crippen LogP contribution is 1.96. The van der Waals surface area contributed by atoms with Crippen molar-refractivity contribution in [1.29, 1.82) is 0 Å². The average molecular weight is 209 g/mol. The Morgan fingerprint density at radius 3 is 2.75 bits per heavy atom. The van der Waals surface area contributed by atoms with Gasteiger partial charge in [0.25, 0.3) is 0 Å². The van der Waals surface area contributed by atoms with E-state index in [9.17, 15) is 0 Å². The van der Waals surface area contributed by atoms with Gasteiger partial charge in [-0.3, -0.25) is 4.99 Å². The smallest absolute Gasteiger partial charge is 0.176 e. The summed E-state index contributed by atoms with van der Waals surface area (Å²) < 4.78 is 5.07. The summed E-state index contributed by atoms with van der Waals surface area (Å²) in [4.78, 5) is 4.20. The summed E-state index contributed by atoms with van der Waals surface area (Å²) >= 11 is 0. The molecule has 78 valence electrons. The third kappa shape index (κ3) is 3.14. The molecule has 0 amide bonds. The lowest BCUT2D eigenvalue weighted by Crippen LogP contribution is -1.81. The lowest BCUT2D eigenvalue weighted by Gasteiger charge is -1.88. The second-order valence-corrected chi connectivity index (χ2v) is 3.16. The van der Waals surface area contributed by atoms with Crippen molar-refractivity contribution in [3.05, 3.63) is 60.1 Å². The van der Waals surface area contributed by atoms with Crippen LogP contribution >= 0.6 is 0 Å². The number of hydrogen-bond acceptors (Lipinski definition) is 2. The minimum Gasteiger partial charge on any atom is -0.456 e. The van der Waals surface area contributed by atoms with Gasteiger partial charge < -0.3 is 4.42 Å². The fourth-order valence-corrected chi connectivity index (χ4v) is 1.21. The van der Waals surface area contributed by atoms with Gasteiger partial charge in [-0.05, 0) is 23.6 Å². The van der Waals surface area contributed by atoms with Crippen molar-refractivity contribution in [3.63, 3.8) is 0 Å². The number of aliphatic imine (C=N–C) groups is 1. The molecule has 0 aliphatic heterocycles. The van der Waals surface area contributed by atoms with Gasteiger partial charge >= 0.3 is 0 Å². The fourth-order valence-electron chi connectivity index (χ4n) is 1.21. The van der Waals surface area contributed by atoms with Crippen LogP contribution in [0.3, 0.4) is 0 Å². The molecule has 0 N–H and O–H groups in total. The van der Waals surface area contributed by atoms with Gasteiger partial charge in [-0.2, -0.15) is 0 Å². The van der Waals surface area contributed by atoms with Crippen molar-refractivity contribution < 1.29 is 4.42 Å². The zero-order chi connectivity index (χ0) is 11.1. The maximum Gasteiger partial charge on any atom is 0.176 e. The van der Waals surface area contributed by atoms with Crippen molar-refractivity contribution in [1.82, 2.24) is 0 Å². The SMILES string of the molecule is C(#Cc1ccco1)CN=Cc1ccccc1. The van der Waals surface area contributed by atoms with Crippen LogP contribution in [0.2, 0.25) is 0 Å². The molecule has 2 rings (SSSR count). The summed E-state index contributed by atoms with van der Waals surface area (Å²) in [5.41, 5.74) is 1.09. The summed E-state index contributed by atoms with van der Waals surface area (Å²) in [5.74, 6) is 6.47. The molecule has 1 heterocycles. The monoisotopic (exact) mass is 209 g/mol. The van der Waals surface area contributed by atoms with Gasteiger partial charge in [0.2, 0.25) is 0 Å². The molecule has 0 radical (unpaired) electrons. The Hall–Kier alpha value is -2.27. The number of hydrogen-bond donors (Lipinski definition) is 0. The quantitative estimate of drug-likeness (QED) is 0.551. The molecule has 2 aromatic rings. The number of rotatable bonds is 2. The van der Waals surface area contributed by atoms with Crippen molar-refractivity contribution >= 4 is 6.21 Å². The van der Waals surface area contributed by atoms with E-state index < -0.39 is 0 Å². The van der Waals surface area contributed by atoms with Gasteiger partial charge in [-0.1, -0.05) is 36.3 Å². The van der Waals surface area contributed by atoms with Crippen LogP contribution in [-0.4, -0.2) is 12.8 Å². The van der Waals surface area contributed by atoms with Crippen LogP contribution in [0.25, 0.3) is 0 Å². The van der Waals surface area contributed by atoms with Crippen LogP contribution < -0.4 is 0 Å². The maximum absolute atomic E-state index is 5.07. The van der Waals surface area contributed by atoms with E-state index in [-0.39, 0.29) is 0 Å². The molecule has 0 bridgehead atoms. The molecular formula is C14H11NO. The van der Waals surface area contributed by atoms with E-state index in [4.69, 9.17) is 4.42 Å². The van der Waals surface area contributed by atoms with E-state index in [1.165, 1.54) is 0 Å². The van der Waals surface area contributed by atoms with Crippen molar-refractivity contribution in [2.24, 2.45) is 4.99 Å². The van der Waals surface area contributed by atoms with Gasteiger partial charge in [-0.15, -0.1) is 0 Å². The van der Waals surface area contributed by atoms with Crippen molar-refractivity contribution in [2.75, 3.05) is 6.54 Å². The molecule has 0 unspecified atom stereocenters. The summed E-state index contributed by atoms with van der Waals surface area (Å²) in [5, 5.41) is 0. The molecule has 0 saturated heterocycles. The number of benzene rings is 1. The first-order valence-corrected chi connectivity index (χ1v) is 5.02. The van der Waals surface area contributed by atoms with Crippen LogP contribution in [0.1, 0.15) is 11.3 Å². The lowest BCUT2D eigenvalue weighted by molar-refractivity contribution is 0.554. The Bertz CT molecular complexity index is 501. The molecule has 0 aliphatic rings. The Balaban J connectivity index is 1.87. The number of nitrogens with zero attached hydrogens (tertiary/aromatic N) is 1. The molecule has 16 heavy (non-hydrogen) atoms. The van der Waals surface area contributed by atoms with Gasteiger partial charge in [-0.25, -0.2) is 0 Å². The molecule has 1 aromatic heterocycles. The van der Waals surface area contributed by atoms with Gasteiger partial charge in [0.15, 0.2) is 5.76 Å². The fraction of sp³-hybridized carbons (Fsp3) is 0.0714. The van der Waals surface area contributed by atoms with Gasteiger partial charge in [0.05, 0.1) is 6.26 Å². The summed E-state index contributed by atoms with van der Waals surface area (Å²) in [6, 6.07) is 13.6. The van der Waals surface area contributed by atoms with Crippen LogP contribution in [0.15, 0.2) is 58.1 Å². The molecule has 2 nitrogen and oxygen atoms in total. The highest BCUT2D eigenvalue weighted by atomic mass is 16.3. The molecule has 0 fully saturated rings. The largest absolute Gasteiger partial charge is 0.456 e. The zero-order valence-electron chi connectivity index (χ0n) is 8.76. The normalized spacial score (nSPS) is 10.0. The predicted octanol–water partition coefficient (Wildman–Crippen LogP) is 2.75. The van der Waals surface area contributed by atoms with E-state index in [1.54, 1.807) is 6.26 Å². The first kappa shape index (κ1) is 10.3. The predicted molar refractivity (Wildman–Crippen MR) is 64.5 cm³/mol. The Morgan fingerprint density at radius 2 is 2.00 bits per heavy atom.